The van der Waals surface area contributed by atoms with E-state index < -0.39 is 15.9 Å². The Bertz CT molecular complexity index is 1150. The van der Waals surface area contributed by atoms with Crippen molar-refractivity contribution in [1.29, 1.82) is 0 Å². The maximum atomic E-state index is 12.2. The van der Waals surface area contributed by atoms with Crippen LogP contribution in [0.5, 0.6) is 5.88 Å². The molecule has 0 saturated carbocycles. The highest BCUT2D eigenvalue weighted by atomic mass is 32.2. The zero-order chi connectivity index (χ0) is 18.9. The number of nitrogens with zero attached hydrogens (tertiary/aromatic N) is 3. The summed E-state index contributed by atoms with van der Waals surface area (Å²) in [4.78, 5) is 12.0. The van der Waals surface area contributed by atoms with Crippen molar-refractivity contribution in [3.05, 3.63) is 60.7 Å². The van der Waals surface area contributed by atoms with E-state index in [1.165, 1.54) is 35.0 Å². The molecule has 3 rings (SSSR count). The molecule has 0 atom stereocenters. The van der Waals surface area contributed by atoms with Crippen LogP contribution in [0.15, 0.2) is 70.2 Å². The van der Waals surface area contributed by atoms with Gasteiger partial charge in [-0.25, -0.2) is 13.6 Å². The lowest BCUT2D eigenvalue weighted by Gasteiger charge is -1.99. The van der Waals surface area contributed by atoms with Crippen LogP contribution in [-0.4, -0.2) is 24.0 Å². The fraction of sp³-hybridized carbons (Fsp3) is 0. The zero-order valence-electron chi connectivity index (χ0n) is 13.4. The second-order valence-corrected chi connectivity index (χ2v) is 6.88. The maximum absolute atomic E-state index is 12.2. The fourth-order valence-electron chi connectivity index (χ4n) is 2.46. The molecule has 0 aliphatic heterocycles. The predicted octanol–water partition coefficient (Wildman–Crippen LogP) is 3.02. The second kappa shape index (κ2) is 6.54. The van der Waals surface area contributed by atoms with Crippen LogP contribution in [0.1, 0.15) is 10.4 Å². The van der Waals surface area contributed by atoms with Gasteiger partial charge in [0.1, 0.15) is 0 Å². The fourth-order valence-corrected chi connectivity index (χ4v) is 2.97. The van der Waals surface area contributed by atoms with E-state index in [4.69, 9.17) is 5.14 Å². The number of amides is 1. The number of sulfonamides is 1. The Labute approximate surface area is 148 Å². The number of primary sulfonamides is 1. The van der Waals surface area contributed by atoms with Gasteiger partial charge < -0.3 is 5.11 Å². The van der Waals surface area contributed by atoms with Gasteiger partial charge in [0, 0.05) is 17.1 Å². The molecule has 0 aliphatic rings. The molecule has 0 unspecified atom stereocenters. The molecule has 1 heterocycles. The summed E-state index contributed by atoms with van der Waals surface area (Å²) in [5.74, 6) is -0.886. The third-order valence-corrected chi connectivity index (χ3v) is 4.64. The Morgan fingerprint density at radius 2 is 1.81 bits per heavy atom. The van der Waals surface area contributed by atoms with Crippen molar-refractivity contribution in [2.45, 2.75) is 4.90 Å². The molecule has 0 spiro atoms. The van der Waals surface area contributed by atoms with Crippen molar-refractivity contribution in [3.8, 4) is 5.88 Å². The molecule has 1 aromatic heterocycles. The van der Waals surface area contributed by atoms with Crippen molar-refractivity contribution < 1.29 is 18.3 Å². The summed E-state index contributed by atoms with van der Waals surface area (Å²) in [5, 5.41) is 23.4. The molecule has 132 valence electrons. The highest BCUT2D eigenvalue weighted by molar-refractivity contribution is 7.89. The van der Waals surface area contributed by atoms with Crippen LogP contribution in [0, 0.1) is 0 Å². The molecule has 9 heteroatoms. The Kier molecular flexibility index (Phi) is 4.41. The van der Waals surface area contributed by atoms with Crippen molar-refractivity contribution >= 4 is 38.7 Å². The number of hydrogen-bond donors (Lipinski definition) is 2. The van der Waals surface area contributed by atoms with Gasteiger partial charge in [0.05, 0.1) is 10.4 Å². The third-order valence-electron chi connectivity index (χ3n) is 3.71. The quantitative estimate of drug-likeness (QED) is 0.684. The normalized spacial score (nSPS) is 11.9. The van der Waals surface area contributed by atoms with Crippen LogP contribution < -0.4 is 5.14 Å². The summed E-state index contributed by atoms with van der Waals surface area (Å²) in [5.41, 5.74) is 0.932. The van der Waals surface area contributed by atoms with Crippen molar-refractivity contribution in [3.63, 3.8) is 0 Å². The molecular formula is C17H14N4O4S. The number of carbonyl (C=O) groups excluding carboxylic acids is 1. The molecule has 8 nitrogen and oxygen atoms in total. The summed E-state index contributed by atoms with van der Waals surface area (Å²) >= 11 is 0. The first-order chi connectivity index (χ1) is 12.3. The minimum absolute atomic E-state index is 0.113. The Hall–Kier alpha value is -3.30. The molecule has 0 fully saturated rings. The van der Waals surface area contributed by atoms with Crippen LogP contribution in [-0.2, 0) is 10.0 Å². The maximum Gasteiger partial charge on any atom is 0.295 e. The second-order valence-electron chi connectivity index (χ2n) is 5.32. The molecule has 3 aromatic rings. The summed E-state index contributed by atoms with van der Waals surface area (Å²) < 4.78 is 23.9. The average Bonchev–Trinajstić information content (AvgIpc) is 2.90. The highest BCUT2D eigenvalue weighted by Crippen LogP contribution is 2.38. The standard InChI is InChI=1S/C17H14N4O4S/c1-2-21-14-6-4-3-5-13(14)15(17(21)23)19-20-16(22)11-7-9-12(10-8-11)26(18,24)25/h2-10,23H,1H2,(H2,18,24,25). The van der Waals surface area contributed by atoms with E-state index in [1.54, 1.807) is 24.3 Å². The number of para-hydroxylation sites is 1. The first-order valence-corrected chi connectivity index (χ1v) is 8.91. The van der Waals surface area contributed by atoms with Gasteiger partial charge >= 0.3 is 0 Å². The molecular weight excluding hydrogens is 356 g/mol. The Morgan fingerprint density at radius 3 is 2.42 bits per heavy atom. The SMILES string of the molecule is C=Cn1c(O)c(N=NC(=O)c2ccc(S(N)(=O)=O)cc2)c2ccccc21. The molecule has 0 bridgehead atoms. The number of rotatable bonds is 4. The molecule has 0 radical (unpaired) electrons. The molecule has 0 saturated heterocycles. The molecule has 3 N–H and O–H groups in total. The first kappa shape index (κ1) is 17.5. The molecule has 1 amide bonds. The van der Waals surface area contributed by atoms with Gasteiger partial charge in [0.2, 0.25) is 15.9 Å². The van der Waals surface area contributed by atoms with Crippen molar-refractivity contribution in [2.24, 2.45) is 15.4 Å². The number of hydrogen-bond acceptors (Lipinski definition) is 5. The number of aromatic nitrogens is 1. The lowest BCUT2D eigenvalue weighted by atomic mass is 10.2. The monoisotopic (exact) mass is 370 g/mol. The topological polar surface area (TPSA) is 127 Å². The minimum Gasteiger partial charge on any atom is -0.493 e. The third kappa shape index (κ3) is 3.13. The van der Waals surface area contributed by atoms with Gasteiger partial charge in [0.25, 0.3) is 5.91 Å². The Morgan fingerprint density at radius 1 is 1.15 bits per heavy atom. The van der Waals surface area contributed by atoms with E-state index in [1.807, 2.05) is 0 Å². The number of nitrogens with two attached hydrogens (primary N) is 1. The number of fused-ring (bicyclic) bond motifs is 1. The van der Waals surface area contributed by atoms with Gasteiger partial charge in [-0.15, -0.1) is 10.2 Å². The van der Waals surface area contributed by atoms with E-state index in [2.05, 4.69) is 16.8 Å². The van der Waals surface area contributed by atoms with Crippen LogP contribution >= 0.6 is 0 Å². The number of carbonyl (C=O) groups is 1. The van der Waals surface area contributed by atoms with E-state index in [0.717, 1.165) is 0 Å². The average molecular weight is 370 g/mol. The Balaban J connectivity index is 1.95. The summed E-state index contributed by atoms with van der Waals surface area (Å²) in [6.45, 7) is 3.63. The van der Waals surface area contributed by atoms with Gasteiger partial charge in [-0.05, 0) is 30.3 Å². The van der Waals surface area contributed by atoms with Crippen molar-refractivity contribution in [2.75, 3.05) is 0 Å². The van der Waals surface area contributed by atoms with Crippen LogP contribution in [0.2, 0.25) is 0 Å². The van der Waals surface area contributed by atoms with E-state index in [-0.39, 0.29) is 22.0 Å². The predicted molar refractivity (Wildman–Crippen MR) is 96.7 cm³/mol. The van der Waals surface area contributed by atoms with Crippen LogP contribution in [0.4, 0.5) is 5.69 Å². The zero-order valence-corrected chi connectivity index (χ0v) is 14.2. The summed E-state index contributed by atoms with van der Waals surface area (Å²) in [6.07, 6.45) is 1.42. The van der Waals surface area contributed by atoms with E-state index in [9.17, 15) is 18.3 Å². The lowest BCUT2D eigenvalue weighted by molar-refractivity contribution is 0.0995. The number of azo groups is 1. The van der Waals surface area contributed by atoms with E-state index in [0.29, 0.717) is 10.9 Å². The van der Waals surface area contributed by atoms with Crippen LogP contribution in [0.3, 0.4) is 0 Å². The summed E-state index contributed by atoms with van der Waals surface area (Å²) in [7, 11) is -3.84. The first-order valence-electron chi connectivity index (χ1n) is 7.36. The molecule has 2 aromatic carbocycles. The smallest absolute Gasteiger partial charge is 0.295 e. The number of benzene rings is 2. The van der Waals surface area contributed by atoms with Crippen LogP contribution in [0.25, 0.3) is 17.1 Å². The van der Waals surface area contributed by atoms with Gasteiger partial charge in [-0.2, -0.15) is 0 Å². The van der Waals surface area contributed by atoms with Gasteiger partial charge in [-0.1, -0.05) is 24.8 Å². The van der Waals surface area contributed by atoms with Gasteiger partial charge in [-0.3, -0.25) is 9.36 Å². The number of aromatic hydroxyl groups is 1. The highest BCUT2D eigenvalue weighted by Gasteiger charge is 2.15. The van der Waals surface area contributed by atoms with Gasteiger partial charge in [0.15, 0.2) is 5.69 Å². The minimum atomic E-state index is -3.84. The summed E-state index contributed by atoms with van der Waals surface area (Å²) in [6, 6.07) is 12.0. The lowest BCUT2D eigenvalue weighted by Crippen LogP contribution is -2.12. The molecule has 0 aliphatic carbocycles. The molecule has 26 heavy (non-hydrogen) atoms. The van der Waals surface area contributed by atoms with Crippen molar-refractivity contribution in [1.82, 2.24) is 4.57 Å². The largest absolute Gasteiger partial charge is 0.493 e. The van der Waals surface area contributed by atoms with E-state index >= 15 is 0 Å².